The number of hydrogen-bond acceptors (Lipinski definition) is 9. The van der Waals surface area contributed by atoms with Gasteiger partial charge >= 0.3 is 7.82 Å². The number of phosphoric acid groups is 1. The topological polar surface area (TPSA) is 142 Å². The first-order valence-electron chi connectivity index (χ1n) is 12.5. The number of allylic oxidation sites excluding steroid dienone is 3. The number of nitrogens with zero attached hydrogens (tertiary/aromatic N) is 4. The van der Waals surface area contributed by atoms with Crippen LogP contribution in [0.25, 0.3) is 0 Å². The number of anilines is 1. The predicted octanol–water partition coefficient (Wildman–Crippen LogP) is 5.09. The number of ether oxygens (including phenoxy) is 1. The van der Waals surface area contributed by atoms with E-state index >= 15 is 0 Å². The Morgan fingerprint density at radius 2 is 1.95 bits per heavy atom. The molecule has 5 rings (SSSR count). The fraction of sp³-hybridized carbons (Fsp3) is 0.462. The maximum Gasteiger partial charge on any atom is 0.472 e. The van der Waals surface area contributed by atoms with Crippen LogP contribution in [0.15, 0.2) is 59.6 Å². The van der Waals surface area contributed by atoms with Gasteiger partial charge in [-0.2, -0.15) is 4.98 Å². The zero-order valence-electron chi connectivity index (χ0n) is 21.0. The van der Waals surface area contributed by atoms with Crippen molar-refractivity contribution in [3.63, 3.8) is 0 Å². The minimum absolute atomic E-state index is 0.00548. The lowest BCUT2D eigenvalue weighted by molar-refractivity contribution is 0.0635. The molecule has 0 spiro atoms. The summed E-state index contributed by atoms with van der Waals surface area (Å²) in [6.07, 6.45) is 15.1. The molecule has 0 radical (unpaired) electrons. The Balaban J connectivity index is 1.15. The van der Waals surface area contributed by atoms with Crippen LogP contribution in [0.3, 0.4) is 0 Å². The number of rotatable bonds is 7. The van der Waals surface area contributed by atoms with E-state index in [0.717, 1.165) is 49.0 Å². The Hall–Kier alpha value is -2.91. The molecule has 3 N–H and O–H groups in total. The van der Waals surface area contributed by atoms with Crippen molar-refractivity contribution in [1.29, 1.82) is 0 Å². The molecule has 0 amide bonds. The second-order valence-corrected chi connectivity index (χ2v) is 11.5. The highest BCUT2D eigenvalue weighted by Crippen LogP contribution is 2.49. The van der Waals surface area contributed by atoms with E-state index in [9.17, 15) is 9.46 Å². The fourth-order valence-electron chi connectivity index (χ4n) is 5.14. The number of aromatic nitrogens is 3. The molecular weight excluding hydrogens is 493 g/mol. The third-order valence-electron chi connectivity index (χ3n) is 7.12. The second-order valence-electron chi connectivity index (χ2n) is 10.1. The van der Waals surface area contributed by atoms with Crippen molar-refractivity contribution in [3.8, 4) is 5.88 Å². The molecule has 3 aliphatic rings. The van der Waals surface area contributed by atoms with E-state index in [2.05, 4.69) is 33.2 Å². The van der Waals surface area contributed by atoms with Crippen LogP contribution in [0.2, 0.25) is 0 Å². The van der Waals surface area contributed by atoms with Crippen molar-refractivity contribution in [1.82, 2.24) is 15.0 Å². The van der Waals surface area contributed by atoms with Gasteiger partial charge in [0.15, 0.2) is 11.5 Å². The maximum absolute atomic E-state index is 12.4. The number of phosphoric ester groups is 1. The molecule has 0 aromatic carbocycles. The molecule has 2 atom stereocenters. The zero-order chi connectivity index (χ0) is 26.0. The van der Waals surface area contributed by atoms with E-state index in [-0.39, 0.29) is 12.7 Å². The first kappa shape index (κ1) is 25.7. The highest BCUT2D eigenvalue weighted by atomic mass is 31.2. The lowest BCUT2D eigenvalue weighted by Crippen LogP contribution is -2.41. The second kappa shape index (κ2) is 10.5. The van der Waals surface area contributed by atoms with Gasteiger partial charge in [-0.25, -0.2) is 14.5 Å². The van der Waals surface area contributed by atoms with Crippen LogP contribution in [0.1, 0.15) is 51.5 Å². The molecule has 11 heteroatoms. The fourth-order valence-corrected chi connectivity index (χ4v) is 6.10. The van der Waals surface area contributed by atoms with Gasteiger partial charge in [-0.1, -0.05) is 18.2 Å². The molecule has 0 bridgehead atoms. The number of fused-ring (bicyclic) bond motifs is 1. The molecule has 1 aliphatic heterocycles. The third-order valence-corrected chi connectivity index (χ3v) is 8.14. The van der Waals surface area contributed by atoms with Crippen molar-refractivity contribution < 1.29 is 23.2 Å². The van der Waals surface area contributed by atoms with Crippen LogP contribution in [0.4, 0.5) is 11.5 Å². The number of nitrogen functional groups attached to an aromatic ring is 1. The first-order valence-corrected chi connectivity index (χ1v) is 14.0. The summed E-state index contributed by atoms with van der Waals surface area (Å²) in [5.41, 5.74) is 8.41. The molecule has 3 heterocycles. The van der Waals surface area contributed by atoms with E-state index in [4.69, 9.17) is 24.5 Å². The molecule has 2 aromatic heterocycles. The van der Waals surface area contributed by atoms with Gasteiger partial charge in [0, 0.05) is 12.4 Å². The molecular formula is C26H32N5O5P. The largest absolute Gasteiger partial charge is 0.472 e. The van der Waals surface area contributed by atoms with Gasteiger partial charge in [0.2, 0.25) is 5.88 Å². The van der Waals surface area contributed by atoms with E-state index in [1.807, 2.05) is 13.8 Å². The molecule has 2 aliphatic carbocycles. The van der Waals surface area contributed by atoms with Gasteiger partial charge < -0.3 is 15.4 Å². The highest BCUT2D eigenvalue weighted by Gasteiger charge is 2.37. The summed E-state index contributed by atoms with van der Waals surface area (Å²) in [6, 6.07) is 3.47. The molecule has 10 nitrogen and oxygen atoms in total. The van der Waals surface area contributed by atoms with Gasteiger partial charge in [0.1, 0.15) is 11.9 Å². The summed E-state index contributed by atoms with van der Waals surface area (Å²) in [4.78, 5) is 27.1. The predicted molar refractivity (Wildman–Crippen MR) is 139 cm³/mol. The van der Waals surface area contributed by atoms with E-state index in [1.165, 1.54) is 6.33 Å². The summed E-state index contributed by atoms with van der Waals surface area (Å²) >= 11 is 0. The average Bonchev–Trinajstić information content (AvgIpc) is 2.88. The van der Waals surface area contributed by atoms with Crippen molar-refractivity contribution in [2.45, 2.75) is 64.3 Å². The smallest absolute Gasteiger partial charge is 0.463 e. The standard InChI is InChI=1S/C26H32N5O5P/c1-26(2)23(31-22-24(27)29-16-30-25(22)35-26)20-5-3-18(4-6-20)19-7-9-21(10-8-19)36-37(32,33)34-15-17-11-13-28-14-12-17/h3,5-6,11-14,16,18-19,21H,4,7-10,15H2,1-2H3,(H,32,33)(H2,27,29,30). The van der Waals surface area contributed by atoms with Crippen LogP contribution in [-0.2, 0) is 20.2 Å². The SMILES string of the molecule is CC1(C)Oc2ncnc(N)c2N=C1C1=CCC(C2CCC(OP(=O)(O)OCc3ccncc3)CC2)C=C1. The normalized spacial score (nSPS) is 26.3. The van der Waals surface area contributed by atoms with Crippen LogP contribution in [0, 0.1) is 11.8 Å². The number of nitrogens with two attached hydrogens (primary N) is 1. The molecule has 196 valence electrons. The Bertz CT molecular complexity index is 1270. The van der Waals surface area contributed by atoms with Gasteiger partial charge in [-0.3, -0.25) is 14.0 Å². The summed E-state index contributed by atoms with van der Waals surface area (Å²) in [5, 5.41) is 0. The first-order chi connectivity index (χ1) is 17.7. The van der Waals surface area contributed by atoms with Gasteiger partial charge in [0.25, 0.3) is 0 Å². The molecule has 37 heavy (non-hydrogen) atoms. The van der Waals surface area contributed by atoms with Gasteiger partial charge in [-0.15, -0.1) is 0 Å². The van der Waals surface area contributed by atoms with E-state index in [0.29, 0.717) is 29.2 Å². The van der Waals surface area contributed by atoms with Gasteiger partial charge in [-0.05, 0) is 81.1 Å². The van der Waals surface area contributed by atoms with Crippen molar-refractivity contribution in [2.24, 2.45) is 16.8 Å². The van der Waals surface area contributed by atoms with Crippen LogP contribution >= 0.6 is 7.82 Å². The van der Waals surface area contributed by atoms with Crippen LogP contribution < -0.4 is 10.5 Å². The molecule has 1 saturated carbocycles. The maximum atomic E-state index is 12.4. The number of aliphatic imine (C=N–C) groups is 1. The molecule has 2 unspecified atom stereocenters. The molecule has 1 fully saturated rings. The Kier molecular flexibility index (Phi) is 7.27. The highest BCUT2D eigenvalue weighted by molar-refractivity contribution is 7.47. The van der Waals surface area contributed by atoms with E-state index < -0.39 is 13.4 Å². The quantitative estimate of drug-likeness (QED) is 0.473. The Morgan fingerprint density at radius 1 is 1.19 bits per heavy atom. The van der Waals surface area contributed by atoms with Crippen molar-refractivity contribution >= 4 is 25.0 Å². The summed E-state index contributed by atoms with van der Waals surface area (Å²) in [6.45, 7) is 3.94. The van der Waals surface area contributed by atoms with E-state index in [1.54, 1.807) is 24.5 Å². The Morgan fingerprint density at radius 3 is 2.65 bits per heavy atom. The molecule has 0 saturated heterocycles. The minimum atomic E-state index is -4.13. The van der Waals surface area contributed by atoms with Crippen LogP contribution in [0.5, 0.6) is 5.88 Å². The average molecular weight is 526 g/mol. The van der Waals surface area contributed by atoms with Crippen LogP contribution in [-0.4, -0.2) is 37.3 Å². The van der Waals surface area contributed by atoms with Crippen molar-refractivity contribution in [3.05, 3.63) is 60.2 Å². The number of hydrogen-bond donors (Lipinski definition) is 2. The monoisotopic (exact) mass is 525 g/mol. The van der Waals surface area contributed by atoms with Crippen molar-refractivity contribution in [2.75, 3.05) is 5.73 Å². The minimum Gasteiger partial charge on any atom is -0.463 e. The lowest BCUT2D eigenvalue weighted by atomic mass is 9.75. The van der Waals surface area contributed by atoms with Gasteiger partial charge in [0.05, 0.1) is 18.4 Å². The summed E-state index contributed by atoms with van der Waals surface area (Å²) in [5.74, 6) is 1.56. The third kappa shape index (κ3) is 5.99. The summed E-state index contributed by atoms with van der Waals surface area (Å²) < 4.78 is 29.2. The number of pyridine rings is 1. The zero-order valence-corrected chi connectivity index (χ0v) is 21.9. The lowest BCUT2D eigenvalue weighted by Gasteiger charge is -2.35. The summed E-state index contributed by atoms with van der Waals surface area (Å²) in [7, 11) is -4.13. The Labute approximate surface area is 216 Å². The molecule has 2 aromatic rings.